The van der Waals surface area contributed by atoms with E-state index in [9.17, 15) is 32.7 Å². The Morgan fingerprint density at radius 3 is 2.36 bits per heavy atom. The van der Waals surface area contributed by atoms with Gasteiger partial charge in [0.05, 0.1) is 5.39 Å². The molecule has 0 atom stereocenters. The van der Waals surface area contributed by atoms with Crippen LogP contribution in [0, 0.1) is 17.5 Å². The fourth-order valence-corrected chi connectivity index (χ4v) is 2.70. The van der Waals surface area contributed by atoms with Gasteiger partial charge in [-0.1, -0.05) is 12.1 Å². The molecule has 1 heterocycles. The number of carboxylic acids is 1. The molecule has 1 aromatic heterocycles. The molecule has 0 aliphatic heterocycles. The van der Waals surface area contributed by atoms with Gasteiger partial charge < -0.3 is 19.9 Å². The summed E-state index contributed by atoms with van der Waals surface area (Å²) in [4.78, 5) is 35.1. The fraction of sp³-hybridized carbons (Fsp3) is 0.0556. The quantitative estimate of drug-likeness (QED) is 0.586. The highest BCUT2D eigenvalue weighted by molar-refractivity contribution is 6.13. The zero-order chi connectivity index (χ0) is 20.6. The lowest BCUT2D eigenvalue weighted by Gasteiger charge is -2.12. The summed E-state index contributed by atoms with van der Waals surface area (Å²) < 4.78 is 45.2. The first kappa shape index (κ1) is 19.0. The standard InChI is InChI=1S/C18H10F3NO6/c19-10-4-7(5-11(20)15(10)21)8-2-1-3-9-13(8)14(18(27)28-17(9)26)16(25)22-6-12(23)24/h1-5,27H,6H2,(H,22,25)(H,23,24). The van der Waals surface area contributed by atoms with Gasteiger partial charge in [-0.3, -0.25) is 9.59 Å². The average molecular weight is 393 g/mol. The summed E-state index contributed by atoms with van der Waals surface area (Å²) in [6, 6.07) is 5.13. The molecule has 3 rings (SSSR count). The van der Waals surface area contributed by atoms with Crippen LogP contribution in [0.25, 0.3) is 21.9 Å². The van der Waals surface area contributed by atoms with E-state index >= 15 is 0 Å². The average Bonchev–Trinajstić information content (AvgIpc) is 2.63. The van der Waals surface area contributed by atoms with Crippen LogP contribution in [0.2, 0.25) is 0 Å². The van der Waals surface area contributed by atoms with Crippen molar-refractivity contribution in [2.45, 2.75) is 0 Å². The molecule has 0 bridgehead atoms. The fourth-order valence-electron chi connectivity index (χ4n) is 2.70. The molecule has 2 aromatic carbocycles. The van der Waals surface area contributed by atoms with E-state index in [1.807, 2.05) is 5.32 Å². The van der Waals surface area contributed by atoms with Crippen molar-refractivity contribution in [3.8, 4) is 17.1 Å². The maximum atomic E-state index is 13.7. The number of amides is 1. The lowest BCUT2D eigenvalue weighted by molar-refractivity contribution is -0.135. The van der Waals surface area contributed by atoms with Crippen LogP contribution in [0.15, 0.2) is 39.5 Å². The summed E-state index contributed by atoms with van der Waals surface area (Å²) in [6.07, 6.45) is 0. The highest BCUT2D eigenvalue weighted by Crippen LogP contribution is 2.34. The van der Waals surface area contributed by atoms with Crippen molar-refractivity contribution in [1.29, 1.82) is 0 Å². The van der Waals surface area contributed by atoms with Crippen molar-refractivity contribution in [3.63, 3.8) is 0 Å². The summed E-state index contributed by atoms with van der Waals surface area (Å²) in [5.74, 6) is -8.31. The van der Waals surface area contributed by atoms with E-state index in [1.54, 1.807) is 0 Å². The molecular formula is C18H10F3NO6. The predicted molar refractivity (Wildman–Crippen MR) is 89.4 cm³/mol. The number of rotatable bonds is 4. The third kappa shape index (κ3) is 3.27. The third-order valence-electron chi connectivity index (χ3n) is 3.86. The molecule has 0 aliphatic carbocycles. The van der Waals surface area contributed by atoms with Gasteiger partial charge in [-0.15, -0.1) is 0 Å². The van der Waals surface area contributed by atoms with Gasteiger partial charge in [0.1, 0.15) is 12.1 Å². The first-order valence-electron chi connectivity index (χ1n) is 7.64. The highest BCUT2D eigenvalue weighted by atomic mass is 19.2. The van der Waals surface area contributed by atoms with Crippen LogP contribution in [0.4, 0.5) is 13.2 Å². The Bertz CT molecular complexity index is 1160. The van der Waals surface area contributed by atoms with Gasteiger partial charge in [0.15, 0.2) is 17.5 Å². The number of fused-ring (bicyclic) bond motifs is 1. The van der Waals surface area contributed by atoms with E-state index in [0.717, 1.165) is 0 Å². The maximum absolute atomic E-state index is 13.7. The molecule has 0 radical (unpaired) electrons. The topological polar surface area (TPSA) is 117 Å². The molecule has 144 valence electrons. The number of hydrogen-bond donors (Lipinski definition) is 3. The number of halogens is 3. The van der Waals surface area contributed by atoms with E-state index in [-0.39, 0.29) is 21.9 Å². The number of aromatic hydroxyl groups is 1. The van der Waals surface area contributed by atoms with E-state index < -0.39 is 53.0 Å². The molecule has 28 heavy (non-hydrogen) atoms. The second-order valence-corrected chi connectivity index (χ2v) is 5.63. The minimum absolute atomic E-state index is 0.0843. The van der Waals surface area contributed by atoms with Crippen molar-refractivity contribution in [1.82, 2.24) is 5.32 Å². The van der Waals surface area contributed by atoms with Crippen LogP contribution in [-0.4, -0.2) is 28.6 Å². The molecule has 0 saturated carbocycles. The lowest BCUT2D eigenvalue weighted by atomic mass is 9.95. The monoisotopic (exact) mass is 393 g/mol. The number of hydrogen-bond acceptors (Lipinski definition) is 5. The van der Waals surface area contributed by atoms with Crippen LogP contribution in [-0.2, 0) is 4.79 Å². The molecule has 0 fully saturated rings. The van der Waals surface area contributed by atoms with Gasteiger partial charge in [-0.2, -0.15) is 0 Å². The number of aliphatic carboxylic acids is 1. The van der Waals surface area contributed by atoms with Gasteiger partial charge in [0.2, 0.25) is 0 Å². The smallest absolute Gasteiger partial charge is 0.346 e. The zero-order valence-corrected chi connectivity index (χ0v) is 13.8. The SMILES string of the molecule is O=C(O)CNC(=O)c1c(O)oc(=O)c2cccc(-c3cc(F)c(F)c(F)c3)c12. The van der Waals surface area contributed by atoms with E-state index in [2.05, 4.69) is 4.42 Å². The third-order valence-corrected chi connectivity index (χ3v) is 3.86. The maximum Gasteiger partial charge on any atom is 0.346 e. The highest BCUT2D eigenvalue weighted by Gasteiger charge is 2.24. The van der Waals surface area contributed by atoms with E-state index in [1.165, 1.54) is 18.2 Å². The minimum Gasteiger partial charge on any atom is -0.480 e. The van der Waals surface area contributed by atoms with Gasteiger partial charge in [0, 0.05) is 5.39 Å². The molecule has 0 aliphatic rings. The predicted octanol–water partition coefficient (Wildman–Crippen LogP) is 2.40. The van der Waals surface area contributed by atoms with Crippen LogP contribution in [0.1, 0.15) is 10.4 Å². The first-order valence-corrected chi connectivity index (χ1v) is 7.64. The molecule has 3 aromatic rings. The van der Waals surface area contributed by atoms with Crippen molar-refractivity contribution in [2.24, 2.45) is 0 Å². The van der Waals surface area contributed by atoms with E-state index in [0.29, 0.717) is 12.1 Å². The van der Waals surface area contributed by atoms with Gasteiger partial charge in [0.25, 0.3) is 11.9 Å². The summed E-state index contributed by atoms with van der Waals surface area (Å²) in [6.45, 7) is -0.805. The largest absolute Gasteiger partial charge is 0.480 e. The molecule has 10 heteroatoms. The summed E-state index contributed by atoms with van der Waals surface area (Å²) in [7, 11) is 0. The van der Waals surface area contributed by atoms with Crippen molar-refractivity contribution < 1.29 is 37.4 Å². The number of carbonyl (C=O) groups excluding carboxylic acids is 1. The van der Waals surface area contributed by atoms with Crippen LogP contribution in [0.5, 0.6) is 5.95 Å². The summed E-state index contributed by atoms with van der Waals surface area (Å²) >= 11 is 0. The van der Waals surface area contributed by atoms with Crippen molar-refractivity contribution in [2.75, 3.05) is 6.54 Å². The number of carboxylic acid groups (broad SMARTS) is 1. The Balaban J connectivity index is 2.35. The number of nitrogens with one attached hydrogen (secondary N) is 1. The molecule has 0 spiro atoms. The first-order chi connectivity index (χ1) is 13.2. The second kappa shape index (κ2) is 7.06. The van der Waals surface area contributed by atoms with Crippen LogP contribution >= 0.6 is 0 Å². The van der Waals surface area contributed by atoms with Gasteiger partial charge in [-0.05, 0) is 29.3 Å². The Labute approximate surface area is 153 Å². The minimum atomic E-state index is -1.70. The Morgan fingerprint density at radius 2 is 1.75 bits per heavy atom. The molecule has 7 nitrogen and oxygen atoms in total. The normalized spacial score (nSPS) is 10.8. The summed E-state index contributed by atoms with van der Waals surface area (Å²) in [5, 5.41) is 20.2. The van der Waals surface area contributed by atoms with Crippen LogP contribution in [0.3, 0.4) is 0 Å². The molecule has 0 unspecified atom stereocenters. The molecular weight excluding hydrogens is 383 g/mol. The Morgan fingerprint density at radius 1 is 1.11 bits per heavy atom. The molecule has 3 N–H and O–H groups in total. The Kier molecular flexibility index (Phi) is 4.78. The van der Waals surface area contributed by atoms with Crippen LogP contribution < -0.4 is 10.9 Å². The van der Waals surface area contributed by atoms with E-state index in [4.69, 9.17) is 5.11 Å². The lowest BCUT2D eigenvalue weighted by Crippen LogP contribution is -2.29. The second-order valence-electron chi connectivity index (χ2n) is 5.63. The molecule has 0 saturated heterocycles. The van der Waals surface area contributed by atoms with Crippen molar-refractivity contribution >= 4 is 22.6 Å². The van der Waals surface area contributed by atoms with Gasteiger partial charge >= 0.3 is 11.6 Å². The molecule has 1 amide bonds. The Hall–Kier alpha value is -3.82. The zero-order valence-electron chi connectivity index (χ0n) is 13.8. The number of carbonyl (C=O) groups is 2. The number of benzene rings is 2. The summed E-state index contributed by atoms with van der Waals surface area (Å²) in [5.41, 5.74) is -1.97. The van der Waals surface area contributed by atoms with Gasteiger partial charge in [-0.25, -0.2) is 18.0 Å². The van der Waals surface area contributed by atoms with Crippen molar-refractivity contribution in [3.05, 3.63) is 63.8 Å².